The molecule has 5 nitrogen and oxygen atoms in total. The van der Waals surface area contributed by atoms with Crippen molar-refractivity contribution < 1.29 is 0 Å². The van der Waals surface area contributed by atoms with Crippen LogP contribution in [0.2, 0.25) is 0 Å². The molecule has 6 heteroatoms. The van der Waals surface area contributed by atoms with Crippen LogP contribution in [0.3, 0.4) is 0 Å². The van der Waals surface area contributed by atoms with E-state index in [9.17, 15) is 0 Å². The fourth-order valence-corrected chi connectivity index (χ4v) is 2.44. The molecule has 0 fully saturated rings. The van der Waals surface area contributed by atoms with Crippen molar-refractivity contribution in [3.8, 4) is 11.4 Å². The summed E-state index contributed by atoms with van der Waals surface area (Å²) in [5.41, 5.74) is 3.16. The van der Waals surface area contributed by atoms with Gasteiger partial charge >= 0.3 is 0 Å². The molecule has 3 rings (SSSR count). The van der Waals surface area contributed by atoms with E-state index < -0.39 is 0 Å². The topological polar surface area (TPSA) is 48.5 Å². The van der Waals surface area contributed by atoms with Crippen LogP contribution in [-0.2, 0) is 13.6 Å². The highest BCUT2D eigenvalue weighted by Crippen LogP contribution is 2.16. The molecular weight excluding hydrogens is 365 g/mol. The second-order valence-corrected chi connectivity index (χ2v) is 5.92. The van der Waals surface area contributed by atoms with Gasteiger partial charge in [0.05, 0.1) is 17.9 Å². The number of halogens is 1. The minimum atomic E-state index is 0.675. The summed E-state index contributed by atoms with van der Waals surface area (Å²) >= 11 is 2.29. The fourth-order valence-electron chi connectivity index (χ4n) is 2.08. The summed E-state index contributed by atoms with van der Waals surface area (Å²) in [7, 11) is 1.94. The van der Waals surface area contributed by atoms with E-state index in [1.54, 1.807) is 6.33 Å². The van der Waals surface area contributed by atoms with Gasteiger partial charge in [-0.1, -0.05) is 12.1 Å². The molecule has 3 aromatic rings. The minimum Gasteiger partial charge on any atom is -0.270 e. The van der Waals surface area contributed by atoms with E-state index in [-0.39, 0.29) is 0 Å². The maximum atomic E-state index is 4.52. The first-order valence-electron chi connectivity index (χ1n) is 6.27. The third-order valence-electron chi connectivity index (χ3n) is 3.06. The third-order valence-corrected chi connectivity index (χ3v) is 3.78. The van der Waals surface area contributed by atoms with E-state index in [4.69, 9.17) is 0 Å². The third kappa shape index (κ3) is 2.74. The van der Waals surface area contributed by atoms with Crippen LogP contribution in [0.4, 0.5) is 0 Å². The molecule has 0 aliphatic rings. The highest BCUT2D eigenvalue weighted by Gasteiger charge is 2.07. The Balaban J connectivity index is 1.83. The number of aromatic nitrogens is 5. The lowest BCUT2D eigenvalue weighted by atomic mass is 10.2. The first-order chi connectivity index (χ1) is 9.61. The fraction of sp³-hybridized carbons (Fsp3) is 0.214. The molecule has 0 unspecified atom stereocenters. The van der Waals surface area contributed by atoms with Gasteiger partial charge in [0.1, 0.15) is 6.33 Å². The normalized spacial score (nSPS) is 10.9. The van der Waals surface area contributed by atoms with Gasteiger partial charge in [0.15, 0.2) is 5.82 Å². The van der Waals surface area contributed by atoms with Crippen molar-refractivity contribution >= 4 is 22.6 Å². The molecular formula is C14H14IN5. The van der Waals surface area contributed by atoms with Crippen molar-refractivity contribution in [2.24, 2.45) is 7.05 Å². The van der Waals surface area contributed by atoms with E-state index in [0.29, 0.717) is 6.54 Å². The highest BCUT2D eigenvalue weighted by molar-refractivity contribution is 14.1. The molecule has 2 aromatic heterocycles. The van der Waals surface area contributed by atoms with Crippen molar-refractivity contribution in [2.45, 2.75) is 13.5 Å². The summed E-state index contributed by atoms with van der Waals surface area (Å²) in [6, 6.07) is 10.2. The van der Waals surface area contributed by atoms with Gasteiger partial charge in [-0.05, 0) is 47.7 Å². The summed E-state index contributed by atoms with van der Waals surface area (Å²) in [4.78, 5) is 4.37. The van der Waals surface area contributed by atoms with Gasteiger partial charge in [0.2, 0.25) is 0 Å². The Morgan fingerprint density at radius 2 is 1.90 bits per heavy atom. The van der Waals surface area contributed by atoms with Crippen LogP contribution in [-0.4, -0.2) is 24.5 Å². The van der Waals surface area contributed by atoms with Crippen LogP contribution in [0.5, 0.6) is 0 Å². The Morgan fingerprint density at radius 3 is 2.55 bits per heavy atom. The van der Waals surface area contributed by atoms with Crippen molar-refractivity contribution in [1.29, 1.82) is 0 Å². The quantitative estimate of drug-likeness (QED) is 0.658. The number of hydrogen-bond donors (Lipinski definition) is 0. The largest absolute Gasteiger partial charge is 0.270 e. The lowest BCUT2D eigenvalue weighted by Crippen LogP contribution is -2.06. The van der Waals surface area contributed by atoms with E-state index in [1.165, 1.54) is 3.57 Å². The van der Waals surface area contributed by atoms with Gasteiger partial charge in [0.25, 0.3) is 0 Å². The zero-order valence-corrected chi connectivity index (χ0v) is 13.4. The average molecular weight is 379 g/mol. The number of aryl methyl sites for hydroxylation is 2. The summed E-state index contributed by atoms with van der Waals surface area (Å²) in [5.74, 6) is 0.750. The van der Waals surface area contributed by atoms with E-state index in [1.807, 2.05) is 35.5 Å². The standard InChI is InChI=1S/C14H14IN5/c1-10-7-13(19(2)17-10)8-20-9-16-14(18-20)11-3-5-12(15)6-4-11/h3-7,9H,8H2,1-2H3. The number of benzene rings is 1. The average Bonchev–Trinajstić information content (AvgIpc) is 2.98. The molecule has 102 valence electrons. The second kappa shape index (κ2) is 5.35. The summed E-state index contributed by atoms with van der Waals surface area (Å²) in [6.45, 7) is 2.66. The van der Waals surface area contributed by atoms with Crippen LogP contribution in [0.1, 0.15) is 11.4 Å². The van der Waals surface area contributed by atoms with Gasteiger partial charge < -0.3 is 0 Å². The Hall–Kier alpha value is -1.70. The molecule has 20 heavy (non-hydrogen) atoms. The second-order valence-electron chi connectivity index (χ2n) is 4.67. The Labute approximate surface area is 130 Å². The summed E-state index contributed by atoms with van der Waals surface area (Å²) in [5, 5.41) is 8.85. The van der Waals surface area contributed by atoms with Crippen molar-refractivity contribution in [1.82, 2.24) is 24.5 Å². The number of hydrogen-bond acceptors (Lipinski definition) is 3. The molecule has 0 N–H and O–H groups in total. The highest BCUT2D eigenvalue weighted by atomic mass is 127. The molecule has 0 aliphatic heterocycles. The lowest BCUT2D eigenvalue weighted by molar-refractivity contribution is 0.618. The van der Waals surface area contributed by atoms with Gasteiger partial charge in [-0.15, -0.1) is 0 Å². The maximum Gasteiger partial charge on any atom is 0.181 e. The smallest absolute Gasteiger partial charge is 0.181 e. The SMILES string of the molecule is Cc1cc(Cn2cnc(-c3ccc(I)cc3)n2)n(C)n1. The molecule has 0 bridgehead atoms. The minimum absolute atomic E-state index is 0.675. The van der Waals surface area contributed by atoms with Crippen molar-refractivity contribution in [3.63, 3.8) is 0 Å². The summed E-state index contributed by atoms with van der Waals surface area (Å²) in [6.07, 6.45) is 1.76. The zero-order chi connectivity index (χ0) is 14.1. The molecule has 0 radical (unpaired) electrons. The van der Waals surface area contributed by atoms with Crippen LogP contribution < -0.4 is 0 Å². The van der Waals surface area contributed by atoms with Crippen molar-refractivity contribution in [3.05, 3.63) is 51.6 Å². The lowest BCUT2D eigenvalue weighted by Gasteiger charge is -2.01. The molecule has 0 atom stereocenters. The van der Waals surface area contributed by atoms with E-state index >= 15 is 0 Å². The van der Waals surface area contributed by atoms with Crippen LogP contribution in [0.15, 0.2) is 36.7 Å². The van der Waals surface area contributed by atoms with Gasteiger partial charge in [0, 0.05) is 16.2 Å². The molecule has 0 aliphatic carbocycles. The Bertz CT molecular complexity index is 726. The van der Waals surface area contributed by atoms with E-state index in [0.717, 1.165) is 22.8 Å². The van der Waals surface area contributed by atoms with Crippen LogP contribution >= 0.6 is 22.6 Å². The Kier molecular flexibility index (Phi) is 3.56. The van der Waals surface area contributed by atoms with Crippen LogP contribution in [0, 0.1) is 10.5 Å². The number of rotatable bonds is 3. The van der Waals surface area contributed by atoms with Gasteiger partial charge in [-0.2, -0.15) is 10.2 Å². The predicted octanol–water partition coefficient (Wildman–Crippen LogP) is 2.64. The molecule has 2 heterocycles. The predicted molar refractivity (Wildman–Crippen MR) is 85.2 cm³/mol. The molecule has 0 saturated carbocycles. The van der Waals surface area contributed by atoms with Crippen molar-refractivity contribution in [2.75, 3.05) is 0 Å². The first-order valence-corrected chi connectivity index (χ1v) is 7.34. The maximum absolute atomic E-state index is 4.52. The number of nitrogens with zero attached hydrogens (tertiary/aromatic N) is 5. The van der Waals surface area contributed by atoms with Crippen LogP contribution in [0.25, 0.3) is 11.4 Å². The molecule has 0 amide bonds. The molecule has 0 spiro atoms. The zero-order valence-electron chi connectivity index (χ0n) is 11.3. The van der Waals surface area contributed by atoms with E-state index in [2.05, 4.69) is 56.0 Å². The molecule has 0 saturated heterocycles. The molecule has 1 aromatic carbocycles. The van der Waals surface area contributed by atoms with Gasteiger partial charge in [-0.3, -0.25) is 4.68 Å². The summed E-state index contributed by atoms with van der Waals surface area (Å²) < 4.78 is 4.92. The monoisotopic (exact) mass is 379 g/mol. The first kappa shape index (κ1) is 13.3. The van der Waals surface area contributed by atoms with Gasteiger partial charge in [-0.25, -0.2) is 9.67 Å². The Morgan fingerprint density at radius 1 is 1.15 bits per heavy atom.